The minimum Gasteiger partial charge on any atom is -0.396 e. The maximum Gasteiger partial charge on any atom is 0.0540 e. The van der Waals surface area contributed by atoms with Gasteiger partial charge in [-0.05, 0) is 75.0 Å². The van der Waals surface area contributed by atoms with Crippen LogP contribution < -0.4 is 0 Å². The van der Waals surface area contributed by atoms with E-state index < -0.39 is 0 Å². The van der Waals surface area contributed by atoms with E-state index in [1.165, 1.54) is 0 Å². The van der Waals surface area contributed by atoms with Gasteiger partial charge in [-0.25, -0.2) is 0 Å². The summed E-state index contributed by atoms with van der Waals surface area (Å²) in [5, 5.41) is 28.6. The first-order valence-electron chi connectivity index (χ1n) is 8.71. The molecular weight excluding hydrogens is 264 g/mol. The summed E-state index contributed by atoms with van der Waals surface area (Å²) in [4.78, 5) is 0. The molecule has 21 heavy (non-hydrogen) atoms. The lowest BCUT2D eigenvalue weighted by molar-refractivity contribution is 0.0183. The van der Waals surface area contributed by atoms with Crippen molar-refractivity contribution in [3.05, 3.63) is 12.2 Å². The molecule has 0 aromatic heterocycles. The van der Waals surface area contributed by atoms with Crippen molar-refractivity contribution in [1.82, 2.24) is 0 Å². The molecule has 0 atom stereocenters. The van der Waals surface area contributed by atoms with Crippen LogP contribution in [0.3, 0.4) is 0 Å². The van der Waals surface area contributed by atoms with E-state index in [4.69, 9.17) is 5.11 Å². The van der Waals surface area contributed by atoms with Crippen molar-refractivity contribution < 1.29 is 15.3 Å². The molecule has 0 bridgehead atoms. The first-order chi connectivity index (χ1) is 10.1. The largest absolute Gasteiger partial charge is 0.396 e. The van der Waals surface area contributed by atoms with Gasteiger partial charge in [-0.2, -0.15) is 0 Å². The Balaban J connectivity index is 2.09. The SMILES string of the molecule is CC(C=CCCO)(C1CCC(O)CC1)C1CCC(O)CC1. The lowest BCUT2D eigenvalue weighted by Crippen LogP contribution is -2.39. The first kappa shape index (κ1) is 17.0. The van der Waals surface area contributed by atoms with Crippen LogP contribution in [0.5, 0.6) is 0 Å². The van der Waals surface area contributed by atoms with Crippen molar-refractivity contribution in [2.75, 3.05) is 6.61 Å². The third-order valence-electron chi connectivity index (χ3n) is 5.93. The molecular formula is C18H32O3. The highest BCUT2D eigenvalue weighted by molar-refractivity contribution is 5.06. The number of rotatable bonds is 5. The van der Waals surface area contributed by atoms with Gasteiger partial charge >= 0.3 is 0 Å². The summed E-state index contributed by atoms with van der Waals surface area (Å²) in [6, 6.07) is 0. The Hall–Kier alpha value is -0.380. The number of allylic oxidation sites excluding steroid dienone is 1. The fourth-order valence-corrected chi connectivity index (χ4v) is 4.41. The molecule has 2 saturated carbocycles. The van der Waals surface area contributed by atoms with Crippen molar-refractivity contribution in [1.29, 1.82) is 0 Å². The standard InChI is InChI=1S/C18H32O3/c1-18(12-2-3-13-19,14-4-8-16(20)9-5-14)15-6-10-17(21)11-7-15/h2,12,14-17,19-21H,3-11,13H2,1H3. The monoisotopic (exact) mass is 296 g/mol. The van der Waals surface area contributed by atoms with Crippen LogP contribution in [-0.4, -0.2) is 34.1 Å². The average molecular weight is 296 g/mol. The Morgan fingerprint density at radius 3 is 1.67 bits per heavy atom. The maximum absolute atomic E-state index is 9.77. The highest BCUT2D eigenvalue weighted by atomic mass is 16.3. The van der Waals surface area contributed by atoms with E-state index in [-0.39, 0.29) is 24.2 Å². The van der Waals surface area contributed by atoms with E-state index >= 15 is 0 Å². The van der Waals surface area contributed by atoms with Gasteiger partial charge in [0.05, 0.1) is 12.2 Å². The quantitative estimate of drug-likeness (QED) is 0.683. The van der Waals surface area contributed by atoms with Crippen LogP contribution in [0.2, 0.25) is 0 Å². The van der Waals surface area contributed by atoms with Crippen molar-refractivity contribution in [3.8, 4) is 0 Å². The second-order valence-electron chi connectivity index (χ2n) is 7.29. The molecule has 3 N–H and O–H groups in total. The lowest BCUT2D eigenvalue weighted by atomic mass is 9.59. The average Bonchev–Trinajstić information content (AvgIpc) is 2.48. The zero-order valence-corrected chi connectivity index (χ0v) is 13.4. The van der Waals surface area contributed by atoms with Gasteiger partial charge in [-0.15, -0.1) is 0 Å². The van der Waals surface area contributed by atoms with E-state index in [0.29, 0.717) is 11.8 Å². The van der Waals surface area contributed by atoms with Crippen LogP contribution in [0.1, 0.15) is 64.7 Å². The van der Waals surface area contributed by atoms with E-state index in [9.17, 15) is 10.2 Å². The van der Waals surface area contributed by atoms with E-state index in [1.54, 1.807) is 0 Å². The minimum absolute atomic E-state index is 0.111. The highest BCUT2D eigenvalue weighted by Crippen LogP contribution is 2.49. The predicted molar refractivity (Wildman–Crippen MR) is 84.9 cm³/mol. The summed E-state index contributed by atoms with van der Waals surface area (Å²) in [6.45, 7) is 2.57. The van der Waals surface area contributed by atoms with Gasteiger partial charge < -0.3 is 15.3 Å². The van der Waals surface area contributed by atoms with Crippen molar-refractivity contribution in [3.63, 3.8) is 0 Å². The van der Waals surface area contributed by atoms with Crippen LogP contribution in [-0.2, 0) is 0 Å². The molecule has 0 amide bonds. The summed E-state index contributed by atoms with van der Waals surface area (Å²) in [6.07, 6.45) is 13.0. The molecule has 3 heteroatoms. The summed E-state index contributed by atoms with van der Waals surface area (Å²) in [5.74, 6) is 1.24. The van der Waals surface area contributed by atoms with Crippen LogP contribution >= 0.6 is 0 Å². The molecule has 0 spiro atoms. The number of aliphatic hydroxyl groups excluding tert-OH is 3. The van der Waals surface area contributed by atoms with Gasteiger partial charge in [0.2, 0.25) is 0 Å². The predicted octanol–water partition coefficient (Wildman–Crippen LogP) is 3.03. The zero-order chi connectivity index (χ0) is 15.3. The van der Waals surface area contributed by atoms with Gasteiger partial charge in [-0.1, -0.05) is 19.1 Å². The van der Waals surface area contributed by atoms with Gasteiger partial charge in [0.1, 0.15) is 0 Å². The Morgan fingerprint density at radius 1 is 0.857 bits per heavy atom. The Morgan fingerprint density at radius 2 is 1.29 bits per heavy atom. The molecule has 2 rings (SSSR count). The molecule has 0 heterocycles. The molecule has 2 fully saturated rings. The lowest BCUT2D eigenvalue weighted by Gasteiger charge is -2.46. The summed E-state index contributed by atoms with van der Waals surface area (Å²) in [5.41, 5.74) is 0.148. The molecule has 0 aliphatic heterocycles. The molecule has 0 aromatic carbocycles. The Kier molecular flexibility index (Phi) is 6.27. The normalized spacial score (nSPS) is 37.5. The minimum atomic E-state index is -0.111. The molecule has 0 saturated heterocycles. The van der Waals surface area contributed by atoms with Gasteiger partial charge in [0.15, 0.2) is 0 Å². The number of aliphatic hydroxyl groups is 3. The van der Waals surface area contributed by atoms with E-state index in [1.807, 2.05) is 0 Å². The van der Waals surface area contributed by atoms with Crippen LogP contribution in [0, 0.1) is 17.3 Å². The highest BCUT2D eigenvalue weighted by Gasteiger charge is 2.41. The van der Waals surface area contributed by atoms with E-state index in [0.717, 1.165) is 57.8 Å². The molecule has 122 valence electrons. The third-order valence-corrected chi connectivity index (χ3v) is 5.93. The summed E-state index contributed by atoms with van der Waals surface area (Å²) < 4.78 is 0. The second-order valence-corrected chi connectivity index (χ2v) is 7.29. The van der Waals surface area contributed by atoms with Crippen molar-refractivity contribution in [2.45, 2.75) is 76.9 Å². The molecule has 3 nitrogen and oxygen atoms in total. The molecule has 0 unspecified atom stereocenters. The fraction of sp³-hybridized carbons (Fsp3) is 0.889. The maximum atomic E-state index is 9.77. The van der Waals surface area contributed by atoms with Gasteiger partial charge in [0, 0.05) is 6.61 Å². The smallest absolute Gasteiger partial charge is 0.0540 e. The molecule has 0 aromatic rings. The molecule has 2 aliphatic rings. The molecule has 2 aliphatic carbocycles. The summed E-state index contributed by atoms with van der Waals surface area (Å²) >= 11 is 0. The topological polar surface area (TPSA) is 60.7 Å². The number of hydrogen-bond acceptors (Lipinski definition) is 3. The van der Waals surface area contributed by atoms with Crippen LogP contribution in [0.25, 0.3) is 0 Å². The summed E-state index contributed by atoms with van der Waals surface area (Å²) in [7, 11) is 0. The first-order valence-corrected chi connectivity index (χ1v) is 8.71. The van der Waals surface area contributed by atoms with Crippen LogP contribution in [0.15, 0.2) is 12.2 Å². The second kappa shape index (κ2) is 7.75. The third kappa shape index (κ3) is 4.30. The zero-order valence-electron chi connectivity index (χ0n) is 13.4. The van der Waals surface area contributed by atoms with Gasteiger partial charge in [-0.3, -0.25) is 0 Å². The Bertz CT molecular complexity index is 301. The van der Waals surface area contributed by atoms with Crippen LogP contribution in [0.4, 0.5) is 0 Å². The van der Waals surface area contributed by atoms with Crippen molar-refractivity contribution in [2.24, 2.45) is 17.3 Å². The number of hydrogen-bond donors (Lipinski definition) is 3. The van der Waals surface area contributed by atoms with Gasteiger partial charge in [0.25, 0.3) is 0 Å². The Labute approximate surface area is 129 Å². The fourth-order valence-electron chi connectivity index (χ4n) is 4.41. The van der Waals surface area contributed by atoms with E-state index in [2.05, 4.69) is 19.1 Å². The molecule has 0 radical (unpaired) electrons. The van der Waals surface area contributed by atoms with Crippen molar-refractivity contribution >= 4 is 0 Å².